The molecule has 0 saturated carbocycles. The fraction of sp³-hybridized carbons (Fsp3) is 0.400. The van der Waals surface area contributed by atoms with E-state index in [1.165, 1.54) is 0 Å². The first-order valence-electron chi connectivity index (χ1n) is 9.53. The average Bonchev–Trinajstić information content (AvgIpc) is 2.73. The summed E-state index contributed by atoms with van der Waals surface area (Å²) in [5, 5.41) is 11.5. The first kappa shape index (κ1) is 18.9. The minimum atomic E-state index is 0.402. The van der Waals surface area contributed by atoms with Gasteiger partial charge >= 0.3 is 0 Å². The highest BCUT2D eigenvalue weighted by Crippen LogP contribution is 2.24. The van der Waals surface area contributed by atoms with Gasteiger partial charge in [-0.25, -0.2) is 9.29 Å². The van der Waals surface area contributed by atoms with Gasteiger partial charge in [0.2, 0.25) is 0 Å². The normalized spacial score (nSPS) is 15.4. The molecule has 1 aliphatic heterocycles. The van der Waals surface area contributed by atoms with Crippen LogP contribution >= 0.6 is 11.9 Å². The van der Waals surface area contributed by atoms with Gasteiger partial charge in [0.25, 0.3) is 0 Å². The van der Waals surface area contributed by atoms with Crippen molar-refractivity contribution in [2.45, 2.75) is 19.8 Å². The van der Waals surface area contributed by atoms with Gasteiger partial charge in [0.05, 0.1) is 29.1 Å². The van der Waals surface area contributed by atoms with Crippen LogP contribution in [-0.4, -0.2) is 56.9 Å². The molecular formula is C20H25N7S. The van der Waals surface area contributed by atoms with E-state index in [9.17, 15) is 0 Å². The molecule has 0 aliphatic carbocycles. The summed E-state index contributed by atoms with van der Waals surface area (Å²) in [5.74, 6) is 1.85. The Morgan fingerprint density at radius 3 is 2.57 bits per heavy atom. The molecule has 0 amide bonds. The Bertz CT molecular complexity index is 954. The van der Waals surface area contributed by atoms with E-state index in [2.05, 4.69) is 55.9 Å². The van der Waals surface area contributed by atoms with E-state index in [4.69, 9.17) is 4.98 Å². The van der Waals surface area contributed by atoms with Crippen LogP contribution in [0.15, 0.2) is 36.7 Å². The van der Waals surface area contributed by atoms with Crippen LogP contribution in [0.5, 0.6) is 0 Å². The van der Waals surface area contributed by atoms with Crippen molar-refractivity contribution in [2.24, 2.45) is 0 Å². The van der Waals surface area contributed by atoms with Crippen molar-refractivity contribution in [3.8, 4) is 0 Å². The zero-order chi connectivity index (χ0) is 19.5. The van der Waals surface area contributed by atoms with E-state index in [0.717, 1.165) is 54.3 Å². The van der Waals surface area contributed by atoms with E-state index >= 15 is 0 Å². The summed E-state index contributed by atoms with van der Waals surface area (Å²) >= 11 is 1.81. The fourth-order valence-electron chi connectivity index (χ4n) is 3.26. The van der Waals surface area contributed by atoms with Crippen molar-refractivity contribution in [3.63, 3.8) is 0 Å². The Balaban J connectivity index is 1.55. The number of pyridine rings is 2. The van der Waals surface area contributed by atoms with E-state index in [-0.39, 0.29) is 0 Å². The van der Waals surface area contributed by atoms with Crippen LogP contribution in [0.25, 0.3) is 11.0 Å². The van der Waals surface area contributed by atoms with Crippen LogP contribution < -0.4 is 10.2 Å². The lowest BCUT2D eigenvalue weighted by Gasteiger charge is -2.34. The molecule has 1 saturated heterocycles. The monoisotopic (exact) mass is 395 g/mol. The summed E-state index contributed by atoms with van der Waals surface area (Å²) in [6, 6.07) is 8.05. The van der Waals surface area contributed by atoms with E-state index in [1.54, 1.807) is 6.20 Å². The highest BCUT2D eigenvalue weighted by Gasteiger charge is 2.17. The lowest BCUT2D eigenvalue weighted by atomic mass is 10.1. The number of nitrogens with zero attached hydrogens (tertiary/aromatic N) is 6. The SMILES string of the molecule is CSN1CCN(c2cnc3ccc(Nc4cc(C(C)C)cnn4)nc3c2)CC1. The second-order valence-electron chi connectivity index (χ2n) is 7.18. The molecule has 4 heterocycles. The second-order valence-corrected chi connectivity index (χ2v) is 8.06. The molecule has 8 heteroatoms. The predicted octanol–water partition coefficient (Wildman–Crippen LogP) is 3.69. The summed E-state index contributed by atoms with van der Waals surface area (Å²) < 4.78 is 2.39. The average molecular weight is 396 g/mol. The Kier molecular flexibility index (Phi) is 5.59. The van der Waals surface area contributed by atoms with Crippen molar-refractivity contribution in [1.82, 2.24) is 24.5 Å². The third-order valence-corrected chi connectivity index (χ3v) is 5.86. The molecule has 0 atom stereocenters. The molecule has 0 aromatic carbocycles. The molecule has 0 radical (unpaired) electrons. The van der Waals surface area contributed by atoms with Crippen LogP contribution in [0, 0.1) is 0 Å². The van der Waals surface area contributed by atoms with Gasteiger partial charge in [-0.05, 0) is 42.0 Å². The zero-order valence-electron chi connectivity index (χ0n) is 16.5. The predicted molar refractivity (Wildman–Crippen MR) is 116 cm³/mol. The number of fused-ring (bicyclic) bond motifs is 1. The summed E-state index contributed by atoms with van der Waals surface area (Å²) in [6.45, 7) is 8.40. The van der Waals surface area contributed by atoms with Gasteiger partial charge in [0.1, 0.15) is 5.82 Å². The summed E-state index contributed by atoms with van der Waals surface area (Å²) in [7, 11) is 0. The number of hydrogen-bond acceptors (Lipinski definition) is 8. The lowest BCUT2D eigenvalue weighted by Crippen LogP contribution is -2.43. The Hall–Kier alpha value is -2.45. The number of hydrogen-bond donors (Lipinski definition) is 1. The molecule has 1 fully saturated rings. The lowest BCUT2D eigenvalue weighted by molar-refractivity contribution is 0.431. The van der Waals surface area contributed by atoms with Crippen molar-refractivity contribution in [1.29, 1.82) is 0 Å². The number of aromatic nitrogens is 4. The smallest absolute Gasteiger partial charge is 0.154 e. The maximum Gasteiger partial charge on any atom is 0.154 e. The molecule has 0 spiro atoms. The van der Waals surface area contributed by atoms with Crippen molar-refractivity contribution in [3.05, 3.63) is 42.2 Å². The largest absolute Gasteiger partial charge is 0.368 e. The molecule has 1 N–H and O–H groups in total. The Morgan fingerprint density at radius 1 is 1.00 bits per heavy atom. The van der Waals surface area contributed by atoms with Crippen molar-refractivity contribution < 1.29 is 0 Å². The minimum absolute atomic E-state index is 0.402. The standard InChI is InChI=1S/C20H25N7S/c1-14(2)15-10-20(25-22-12-15)24-19-5-4-17-18(23-19)11-16(13-21-17)26-6-8-27(28-3)9-7-26/h4-5,10-14H,6-9H2,1-3H3,(H,23,24,25). The molecular weight excluding hydrogens is 370 g/mol. The first-order valence-corrected chi connectivity index (χ1v) is 10.7. The highest BCUT2D eigenvalue weighted by atomic mass is 32.2. The van der Waals surface area contributed by atoms with Crippen LogP contribution in [0.1, 0.15) is 25.3 Å². The van der Waals surface area contributed by atoms with Crippen molar-refractivity contribution >= 4 is 40.3 Å². The number of anilines is 3. The quantitative estimate of drug-likeness (QED) is 0.656. The molecule has 3 aromatic rings. The molecule has 7 nitrogen and oxygen atoms in total. The third-order valence-electron chi connectivity index (χ3n) is 4.98. The van der Waals surface area contributed by atoms with Gasteiger partial charge in [-0.1, -0.05) is 25.8 Å². The third kappa shape index (κ3) is 4.18. The molecule has 0 unspecified atom stereocenters. The summed E-state index contributed by atoms with van der Waals surface area (Å²) in [4.78, 5) is 11.7. The van der Waals surface area contributed by atoms with E-state index in [1.807, 2.05) is 36.3 Å². The number of piperazine rings is 1. The molecule has 28 heavy (non-hydrogen) atoms. The highest BCUT2D eigenvalue weighted by molar-refractivity contribution is 7.96. The van der Waals surface area contributed by atoms with E-state index in [0.29, 0.717) is 11.7 Å². The molecule has 1 aliphatic rings. The van der Waals surface area contributed by atoms with Crippen LogP contribution in [0.3, 0.4) is 0 Å². The molecule has 3 aromatic heterocycles. The summed E-state index contributed by atoms with van der Waals surface area (Å²) in [6.07, 6.45) is 5.88. The zero-order valence-corrected chi connectivity index (χ0v) is 17.3. The fourth-order valence-corrected chi connectivity index (χ4v) is 3.79. The maximum atomic E-state index is 4.75. The Labute approximate surface area is 169 Å². The Morgan fingerprint density at radius 2 is 1.82 bits per heavy atom. The first-order chi connectivity index (χ1) is 13.6. The van der Waals surface area contributed by atoms with Gasteiger partial charge in [0, 0.05) is 26.2 Å². The number of rotatable bonds is 5. The summed E-state index contributed by atoms with van der Waals surface area (Å²) in [5.41, 5.74) is 4.04. The molecule has 4 rings (SSSR count). The van der Waals surface area contributed by atoms with Crippen LogP contribution in [0.4, 0.5) is 17.3 Å². The number of nitrogens with one attached hydrogen (secondary N) is 1. The topological polar surface area (TPSA) is 70.1 Å². The van der Waals surface area contributed by atoms with Crippen molar-refractivity contribution in [2.75, 3.05) is 42.7 Å². The van der Waals surface area contributed by atoms with Crippen LogP contribution in [0.2, 0.25) is 0 Å². The molecule has 0 bridgehead atoms. The van der Waals surface area contributed by atoms with Gasteiger partial charge in [-0.3, -0.25) is 4.98 Å². The van der Waals surface area contributed by atoms with Crippen LogP contribution in [-0.2, 0) is 0 Å². The maximum absolute atomic E-state index is 4.75. The van der Waals surface area contributed by atoms with Gasteiger partial charge in [0.15, 0.2) is 5.82 Å². The molecule has 146 valence electrons. The second kappa shape index (κ2) is 8.28. The van der Waals surface area contributed by atoms with Gasteiger partial charge in [-0.15, -0.1) is 5.10 Å². The van der Waals surface area contributed by atoms with Gasteiger partial charge in [-0.2, -0.15) is 5.10 Å². The van der Waals surface area contributed by atoms with E-state index < -0.39 is 0 Å². The van der Waals surface area contributed by atoms with Gasteiger partial charge < -0.3 is 10.2 Å². The minimum Gasteiger partial charge on any atom is -0.368 e.